The average Bonchev–Trinajstić information content (AvgIpc) is 2.44. The minimum Gasteiger partial charge on any atom is -0.388 e. The summed E-state index contributed by atoms with van der Waals surface area (Å²) in [6.07, 6.45) is -1.34. The molecule has 0 heterocycles. The molecule has 0 amide bonds. The van der Waals surface area contributed by atoms with E-state index in [9.17, 15) is 18.3 Å². The molecule has 6 heteroatoms. The Kier molecular flexibility index (Phi) is 5.03. The molecule has 0 aromatic heterocycles. The van der Waals surface area contributed by atoms with E-state index < -0.39 is 29.5 Å². The second-order valence-electron chi connectivity index (χ2n) is 4.62. The van der Waals surface area contributed by atoms with Crippen LogP contribution in [0.2, 0.25) is 0 Å². The lowest BCUT2D eigenvalue weighted by atomic mass is 9.88. The van der Waals surface area contributed by atoms with E-state index in [0.29, 0.717) is 10.5 Å². The maximum Gasteiger partial charge on any atom is 0.129 e. The number of aliphatic hydroxyl groups excluding tert-OH is 1. The van der Waals surface area contributed by atoms with E-state index in [1.807, 2.05) is 0 Å². The van der Waals surface area contributed by atoms with Gasteiger partial charge in [0.2, 0.25) is 0 Å². The molecule has 0 aliphatic carbocycles. The van der Waals surface area contributed by atoms with Crippen molar-refractivity contribution in [3.8, 4) is 0 Å². The molecule has 2 aromatic rings. The molecule has 0 spiro atoms. The van der Waals surface area contributed by atoms with E-state index in [0.717, 1.165) is 6.07 Å². The van der Waals surface area contributed by atoms with E-state index >= 15 is 0 Å². The summed E-state index contributed by atoms with van der Waals surface area (Å²) in [5.74, 6) is -3.05. The lowest BCUT2D eigenvalue weighted by molar-refractivity contribution is 0.141. The van der Waals surface area contributed by atoms with E-state index in [4.69, 9.17) is 5.73 Å². The number of hydrogen-bond donors (Lipinski definition) is 2. The number of benzene rings is 2. The lowest BCUT2D eigenvalue weighted by Crippen LogP contribution is -2.22. The second-order valence-corrected chi connectivity index (χ2v) is 5.53. The standard InChI is InChI=1S/C15H13BrF3NO/c16-8-1-4-13(18)11(5-8)15(21)12(7-20)10-3-2-9(17)6-14(10)19/h1-6,12,15,21H,7,20H2. The van der Waals surface area contributed by atoms with Crippen LogP contribution in [0.15, 0.2) is 40.9 Å². The van der Waals surface area contributed by atoms with Crippen molar-refractivity contribution >= 4 is 15.9 Å². The van der Waals surface area contributed by atoms with Crippen LogP contribution >= 0.6 is 15.9 Å². The minimum absolute atomic E-state index is 0.00329. The maximum atomic E-state index is 13.8. The molecule has 0 saturated carbocycles. The number of rotatable bonds is 4. The Balaban J connectivity index is 2.43. The van der Waals surface area contributed by atoms with Crippen LogP contribution in [0.25, 0.3) is 0 Å². The topological polar surface area (TPSA) is 46.2 Å². The van der Waals surface area contributed by atoms with Gasteiger partial charge in [0, 0.05) is 28.6 Å². The van der Waals surface area contributed by atoms with Crippen molar-refractivity contribution in [2.45, 2.75) is 12.0 Å². The van der Waals surface area contributed by atoms with Crippen molar-refractivity contribution in [2.75, 3.05) is 6.54 Å². The molecule has 2 nitrogen and oxygen atoms in total. The zero-order valence-corrected chi connectivity index (χ0v) is 12.4. The first-order chi connectivity index (χ1) is 9.93. The fourth-order valence-corrected chi connectivity index (χ4v) is 2.56. The highest BCUT2D eigenvalue weighted by Crippen LogP contribution is 2.34. The molecule has 21 heavy (non-hydrogen) atoms. The normalized spacial score (nSPS) is 14.0. The van der Waals surface area contributed by atoms with Crippen LogP contribution in [0.5, 0.6) is 0 Å². The van der Waals surface area contributed by atoms with Crippen molar-refractivity contribution < 1.29 is 18.3 Å². The third-order valence-corrected chi connectivity index (χ3v) is 3.77. The molecule has 3 N–H and O–H groups in total. The van der Waals surface area contributed by atoms with Gasteiger partial charge in [0.1, 0.15) is 17.5 Å². The Labute approximate surface area is 128 Å². The third kappa shape index (κ3) is 3.45. The molecule has 2 unspecified atom stereocenters. The first kappa shape index (κ1) is 16.0. The van der Waals surface area contributed by atoms with Crippen LogP contribution in [-0.4, -0.2) is 11.7 Å². The highest BCUT2D eigenvalue weighted by atomic mass is 79.9. The van der Waals surface area contributed by atoms with Gasteiger partial charge in [0.05, 0.1) is 6.10 Å². The Hall–Kier alpha value is -1.37. The molecule has 2 rings (SSSR count). The Morgan fingerprint density at radius 3 is 2.33 bits per heavy atom. The fraction of sp³-hybridized carbons (Fsp3) is 0.200. The fourth-order valence-electron chi connectivity index (χ4n) is 2.19. The van der Waals surface area contributed by atoms with Gasteiger partial charge in [-0.1, -0.05) is 22.0 Å². The van der Waals surface area contributed by atoms with Crippen molar-refractivity contribution in [2.24, 2.45) is 5.73 Å². The molecule has 0 radical (unpaired) electrons. The summed E-state index contributed by atoms with van der Waals surface area (Å²) >= 11 is 3.18. The van der Waals surface area contributed by atoms with Crippen LogP contribution < -0.4 is 5.73 Å². The summed E-state index contributed by atoms with van der Waals surface area (Å²) in [6.45, 7) is -0.115. The summed E-state index contributed by atoms with van der Waals surface area (Å²) in [6, 6.07) is 7.08. The highest BCUT2D eigenvalue weighted by Gasteiger charge is 2.26. The van der Waals surface area contributed by atoms with Crippen molar-refractivity contribution in [1.29, 1.82) is 0 Å². The van der Waals surface area contributed by atoms with Crippen LogP contribution in [0, 0.1) is 17.5 Å². The average molecular weight is 360 g/mol. The van der Waals surface area contributed by atoms with Gasteiger partial charge in [0.15, 0.2) is 0 Å². The predicted molar refractivity (Wildman–Crippen MR) is 77.2 cm³/mol. The van der Waals surface area contributed by atoms with Crippen LogP contribution in [0.1, 0.15) is 23.1 Å². The van der Waals surface area contributed by atoms with Crippen LogP contribution in [0.3, 0.4) is 0 Å². The van der Waals surface area contributed by atoms with E-state index in [2.05, 4.69) is 15.9 Å². The van der Waals surface area contributed by atoms with Gasteiger partial charge in [-0.05, 0) is 29.8 Å². The predicted octanol–water partition coefficient (Wildman–Crippen LogP) is 3.64. The number of halogens is 4. The molecular formula is C15H13BrF3NO. The van der Waals surface area contributed by atoms with E-state index in [1.165, 1.54) is 24.3 Å². The smallest absolute Gasteiger partial charge is 0.129 e. The quantitative estimate of drug-likeness (QED) is 0.875. The second kappa shape index (κ2) is 6.60. The first-order valence-corrected chi connectivity index (χ1v) is 7.01. The van der Waals surface area contributed by atoms with Crippen molar-refractivity contribution in [3.63, 3.8) is 0 Å². The largest absolute Gasteiger partial charge is 0.388 e. The van der Waals surface area contributed by atoms with E-state index in [-0.39, 0.29) is 17.7 Å². The zero-order chi connectivity index (χ0) is 15.6. The SMILES string of the molecule is NCC(c1ccc(F)cc1F)C(O)c1cc(Br)ccc1F. The van der Waals surface area contributed by atoms with Gasteiger partial charge in [0.25, 0.3) is 0 Å². The summed E-state index contributed by atoms with van der Waals surface area (Å²) < 4.78 is 41.2. The van der Waals surface area contributed by atoms with Gasteiger partial charge in [-0.25, -0.2) is 13.2 Å². The van der Waals surface area contributed by atoms with Crippen molar-refractivity contribution in [3.05, 3.63) is 69.4 Å². The van der Waals surface area contributed by atoms with Gasteiger partial charge in [-0.15, -0.1) is 0 Å². The molecule has 0 aliphatic heterocycles. The third-order valence-electron chi connectivity index (χ3n) is 3.27. The maximum absolute atomic E-state index is 13.8. The van der Waals surface area contributed by atoms with Crippen LogP contribution in [0.4, 0.5) is 13.2 Å². The van der Waals surface area contributed by atoms with Gasteiger partial charge < -0.3 is 10.8 Å². The first-order valence-electron chi connectivity index (χ1n) is 6.22. The molecule has 0 fully saturated rings. The zero-order valence-electron chi connectivity index (χ0n) is 10.9. The molecule has 2 atom stereocenters. The summed E-state index contributed by atoms with van der Waals surface area (Å²) in [5, 5.41) is 10.3. The molecule has 0 bridgehead atoms. The number of aliphatic hydroxyl groups is 1. The Morgan fingerprint density at radius 1 is 1.00 bits per heavy atom. The number of hydrogen-bond acceptors (Lipinski definition) is 2. The molecular weight excluding hydrogens is 347 g/mol. The Morgan fingerprint density at radius 2 is 1.71 bits per heavy atom. The highest BCUT2D eigenvalue weighted by molar-refractivity contribution is 9.10. The molecule has 2 aromatic carbocycles. The lowest BCUT2D eigenvalue weighted by Gasteiger charge is -2.23. The van der Waals surface area contributed by atoms with Gasteiger partial charge in [-0.3, -0.25) is 0 Å². The summed E-state index contributed by atoms with van der Waals surface area (Å²) in [4.78, 5) is 0. The minimum atomic E-state index is -1.34. The molecule has 0 saturated heterocycles. The summed E-state index contributed by atoms with van der Waals surface area (Å²) in [7, 11) is 0. The molecule has 0 aliphatic rings. The van der Waals surface area contributed by atoms with Crippen molar-refractivity contribution in [1.82, 2.24) is 0 Å². The Bertz CT molecular complexity index is 651. The van der Waals surface area contributed by atoms with Gasteiger partial charge in [-0.2, -0.15) is 0 Å². The molecule has 112 valence electrons. The monoisotopic (exact) mass is 359 g/mol. The van der Waals surface area contributed by atoms with Gasteiger partial charge >= 0.3 is 0 Å². The van der Waals surface area contributed by atoms with Crippen LogP contribution in [-0.2, 0) is 0 Å². The number of nitrogens with two attached hydrogens (primary N) is 1. The summed E-state index contributed by atoms with van der Waals surface area (Å²) in [5.41, 5.74) is 5.63. The van der Waals surface area contributed by atoms with E-state index in [1.54, 1.807) is 0 Å².